The summed E-state index contributed by atoms with van der Waals surface area (Å²) in [5, 5.41) is 19.3. The predicted molar refractivity (Wildman–Crippen MR) is 72.1 cm³/mol. The normalized spacial score (nSPS) is 12.2. The number of hydrogen-bond donors (Lipinski definition) is 3. The van der Waals surface area contributed by atoms with Gasteiger partial charge in [-0.15, -0.1) is 0 Å². The lowest BCUT2D eigenvalue weighted by Crippen LogP contribution is -2.31. The molecule has 1 unspecified atom stereocenters. The fourth-order valence-electron chi connectivity index (χ4n) is 1.70. The molecule has 0 bridgehead atoms. The van der Waals surface area contributed by atoms with Gasteiger partial charge < -0.3 is 10.4 Å². The van der Waals surface area contributed by atoms with E-state index in [1.165, 1.54) is 0 Å². The van der Waals surface area contributed by atoms with E-state index in [9.17, 15) is 9.90 Å². The van der Waals surface area contributed by atoms with Crippen LogP contribution in [0.2, 0.25) is 5.02 Å². The van der Waals surface area contributed by atoms with Gasteiger partial charge in [0, 0.05) is 10.7 Å². The lowest BCUT2D eigenvalue weighted by molar-refractivity contribution is 0.0911. The molecule has 19 heavy (non-hydrogen) atoms. The first kappa shape index (κ1) is 13.6. The Bertz CT molecular complexity index is 566. The summed E-state index contributed by atoms with van der Waals surface area (Å²) in [6, 6.07) is 8.11. The van der Waals surface area contributed by atoms with Crippen molar-refractivity contribution in [1.29, 1.82) is 0 Å². The van der Waals surface area contributed by atoms with Gasteiger partial charge >= 0.3 is 0 Å². The third-order valence-corrected chi connectivity index (χ3v) is 2.95. The Hall–Kier alpha value is -1.85. The number of aryl methyl sites for hydroxylation is 1. The zero-order valence-corrected chi connectivity index (χ0v) is 11.1. The van der Waals surface area contributed by atoms with Crippen LogP contribution in [0.25, 0.3) is 0 Å². The van der Waals surface area contributed by atoms with Gasteiger partial charge in [-0.25, -0.2) is 0 Å². The van der Waals surface area contributed by atoms with Crippen LogP contribution in [0.15, 0.2) is 30.3 Å². The minimum atomic E-state index is -0.484. The van der Waals surface area contributed by atoms with E-state index < -0.39 is 6.04 Å². The maximum absolute atomic E-state index is 11.9. The second-order valence-corrected chi connectivity index (χ2v) is 4.63. The highest BCUT2D eigenvalue weighted by Crippen LogP contribution is 2.16. The summed E-state index contributed by atoms with van der Waals surface area (Å²) in [7, 11) is 0. The van der Waals surface area contributed by atoms with Crippen LogP contribution in [0, 0.1) is 6.92 Å². The number of aliphatic hydroxyl groups excluding tert-OH is 1. The van der Waals surface area contributed by atoms with Crippen LogP contribution in [0.1, 0.15) is 27.8 Å². The van der Waals surface area contributed by atoms with Crippen LogP contribution in [0.5, 0.6) is 0 Å². The monoisotopic (exact) mass is 279 g/mol. The number of H-pyrrole nitrogens is 1. The smallest absolute Gasteiger partial charge is 0.272 e. The molecule has 0 saturated heterocycles. The molecular weight excluding hydrogens is 266 g/mol. The lowest BCUT2D eigenvalue weighted by Gasteiger charge is -2.16. The minimum Gasteiger partial charge on any atom is -0.394 e. The van der Waals surface area contributed by atoms with Crippen LogP contribution < -0.4 is 5.32 Å². The number of amides is 1. The van der Waals surface area contributed by atoms with E-state index in [1.807, 2.05) is 6.92 Å². The van der Waals surface area contributed by atoms with Crippen LogP contribution >= 0.6 is 11.6 Å². The molecule has 6 heteroatoms. The average molecular weight is 280 g/mol. The van der Waals surface area contributed by atoms with Crippen molar-refractivity contribution in [2.75, 3.05) is 6.61 Å². The maximum atomic E-state index is 11.9. The summed E-state index contributed by atoms with van der Waals surface area (Å²) in [5.74, 6) is -0.335. The molecule has 1 aromatic heterocycles. The van der Waals surface area contributed by atoms with Crippen molar-refractivity contribution in [1.82, 2.24) is 15.5 Å². The van der Waals surface area contributed by atoms with E-state index in [2.05, 4.69) is 15.5 Å². The van der Waals surface area contributed by atoms with E-state index in [1.54, 1.807) is 30.3 Å². The highest BCUT2D eigenvalue weighted by molar-refractivity contribution is 6.30. The van der Waals surface area contributed by atoms with Crippen molar-refractivity contribution < 1.29 is 9.90 Å². The number of carbonyl (C=O) groups excluding carboxylic acids is 1. The zero-order chi connectivity index (χ0) is 13.8. The molecule has 0 fully saturated rings. The van der Waals surface area contributed by atoms with Gasteiger partial charge in [0.2, 0.25) is 0 Å². The van der Waals surface area contributed by atoms with E-state index in [4.69, 9.17) is 11.6 Å². The number of carbonyl (C=O) groups is 1. The van der Waals surface area contributed by atoms with Crippen molar-refractivity contribution in [2.24, 2.45) is 0 Å². The number of halogens is 1. The fraction of sp³-hybridized carbons (Fsp3) is 0.231. The number of hydrogen-bond acceptors (Lipinski definition) is 3. The van der Waals surface area contributed by atoms with Crippen LogP contribution in [-0.4, -0.2) is 27.8 Å². The molecule has 100 valence electrons. The molecule has 5 nitrogen and oxygen atoms in total. The maximum Gasteiger partial charge on any atom is 0.272 e. The van der Waals surface area contributed by atoms with Gasteiger partial charge in [-0.2, -0.15) is 5.10 Å². The van der Waals surface area contributed by atoms with Crippen molar-refractivity contribution in [2.45, 2.75) is 13.0 Å². The van der Waals surface area contributed by atoms with Crippen molar-refractivity contribution in [3.05, 3.63) is 52.3 Å². The van der Waals surface area contributed by atoms with Gasteiger partial charge in [0.25, 0.3) is 5.91 Å². The quantitative estimate of drug-likeness (QED) is 0.799. The van der Waals surface area contributed by atoms with Crippen LogP contribution in [0.4, 0.5) is 0 Å². The number of aliphatic hydroxyl groups is 1. The standard InChI is InChI=1S/C13H14ClN3O2/c1-8-6-11(17-16-8)13(19)15-12(7-18)9-2-4-10(14)5-3-9/h2-6,12,18H,7H2,1H3,(H,15,19)(H,16,17). The summed E-state index contributed by atoms with van der Waals surface area (Å²) in [5.41, 5.74) is 1.88. The van der Waals surface area contributed by atoms with E-state index in [0.29, 0.717) is 10.7 Å². The summed E-state index contributed by atoms with van der Waals surface area (Å²) in [6.45, 7) is 1.61. The third kappa shape index (κ3) is 3.33. The van der Waals surface area contributed by atoms with Gasteiger partial charge in [0.15, 0.2) is 0 Å². The first-order valence-corrected chi connectivity index (χ1v) is 6.17. The van der Waals surface area contributed by atoms with Crippen LogP contribution in [0.3, 0.4) is 0 Å². The summed E-state index contributed by atoms with van der Waals surface area (Å²) >= 11 is 5.80. The molecule has 1 aromatic carbocycles. The second-order valence-electron chi connectivity index (χ2n) is 4.20. The number of aromatic nitrogens is 2. The summed E-state index contributed by atoms with van der Waals surface area (Å²) in [6.07, 6.45) is 0. The Morgan fingerprint density at radius 2 is 2.16 bits per heavy atom. The van der Waals surface area contributed by atoms with E-state index in [-0.39, 0.29) is 12.5 Å². The number of aromatic amines is 1. The summed E-state index contributed by atoms with van der Waals surface area (Å²) < 4.78 is 0. The molecule has 2 rings (SSSR count). The summed E-state index contributed by atoms with van der Waals surface area (Å²) in [4.78, 5) is 11.9. The number of nitrogens with one attached hydrogen (secondary N) is 2. The molecule has 1 amide bonds. The van der Waals surface area contributed by atoms with Gasteiger partial charge in [-0.3, -0.25) is 9.89 Å². The topological polar surface area (TPSA) is 78.0 Å². The number of nitrogens with zero attached hydrogens (tertiary/aromatic N) is 1. The Morgan fingerprint density at radius 3 is 2.68 bits per heavy atom. The van der Waals surface area contributed by atoms with Gasteiger partial charge in [0.1, 0.15) is 5.69 Å². The zero-order valence-electron chi connectivity index (χ0n) is 10.4. The first-order valence-electron chi connectivity index (χ1n) is 5.79. The highest BCUT2D eigenvalue weighted by Gasteiger charge is 2.16. The number of rotatable bonds is 4. The SMILES string of the molecule is Cc1cc(C(=O)NC(CO)c2ccc(Cl)cc2)n[nH]1. The van der Waals surface area contributed by atoms with Crippen LogP contribution in [-0.2, 0) is 0 Å². The lowest BCUT2D eigenvalue weighted by atomic mass is 10.1. The molecule has 0 radical (unpaired) electrons. The van der Waals surface area contributed by atoms with Gasteiger partial charge in [-0.1, -0.05) is 23.7 Å². The Balaban J connectivity index is 2.11. The van der Waals surface area contributed by atoms with Gasteiger partial charge in [-0.05, 0) is 30.7 Å². The number of benzene rings is 1. The first-order chi connectivity index (χ1) is 9.10. The van der Waals surface area contributed by atoms with Crippen molar-refractivity contribution in [3.8, 4) is 0 Å². The molecule has 0 aliphatic carbocycles. The Morgan fingerprint density at radius 1 is 1.47 bits per heavy atom. The molecule has 0 aliphatic heterocycles. The second kappa shape index (κ2) is 5.86. The molecule has 0 saturated carbocycles. The predicted octanol–water partition coefficient (Wildman–Crippen LogP) is 1.83. The fourth-order valence-corrected chi connectivity index (χ4v) is 1.82. The Labute approximate surface area is 115 Å². The van der Waals surface area contributed by atoms with E-state index in [0.717, 1.165) is 11.3 Å². The van der Waals surface area contributed by atoms with Crippen molar-refractivity contribution >= 4 is 17.5 Å². The molecular formula is C13H14ClN3O2. The molecule has 1 heterocycles. The molecule has 3 N–H and O–H groups in total. The molecule has 0 aliphatic rings. The van der Waals surface area contributed by atoms with E-state index >= 15 is 0 Å². The molecule has 0 spiro atoms. The molecule has 2 aromatic rings. The highest BCUT2D eigenvalue weighted by atomic mass is 35.5. The average Bonchev–Trinajstić information content (AvgIpc) is 2.84. The van der Waals surface area contributed by atoms with Crippen molar-refractivity contribution in [3.63, 3.8) is 0 Å². The van der Waals surface area contributed by atoms with Gasteiger partial charge in [0.05, 0.1) is 12.6 Å². The Kier molecular flexibility index (Phi) is 4.19. The largest absolute Gasteiger partial charge is 0.394 e. The minimum absolute atomic E-state index is 0.198. The molecule has 1 atom stereocenters. The third-order valence-electron chi connectivity index (χ3n) is 2.70.